The molecule has 4 aromatic rings. The minimum atomic E-state index is -4.64. The summed E-state index contributed by atoms with van der Waals surface area (Å²) in [5.74, 6) is 3.10. The number of aromatic nitrogens is 4. The predicted octanol–water partition coefficient (Wildman–Crippen LogP) is 6.02. The van der Waals surface area contributed by atoms with Crippen molar-refractivity contribution in [1.82, 2.24) is 24.6 Å². The summed E-state index contributed by atoms with van der Waals surface area (Å²) in [6.07, 6.45) is 6.17. The molecule has 0 radical (unpaired) electrons. The van der Waals surface area contributed by atoms with Gasteiger partial charge in [-0.25, -0.2) is 4.98 Å². The number of terminal acetylenes is 1. The van der Waals surface area contributed by atoms with Crippen molar-refractivity contribution in [2.75, 3.05) is 29.9 Å². The number of fused-ring (bicyclic) bond motifs is 1. The van der Waals surface area contributed by atoms with E-state index in [-0.39, 0.29) is 23.5 Å². The maximum absolute atomic E-state index is 14.5. The lowest BCUT2D eigenvalue weighted by atomic mass is 9.97. The van der Waals surface area contributed by atoms with Gasteiger partial charge >= 0.3 is 6.18 Å². The van der Waals surface area contributed by atoms with E-state index >= 15 is 0 Å². The topological polar surface area (TPSA) is 103 Å². The van der Waals surface area contributed by atoms with E-state index in [1.54, 1.807) is 54.3 Å². The minimum absolute atomic E-state index is 0.0375. The fourth-order valence-electron chi connectivity index (χ4n) is 6.74. The van der Waals surface area contributed by atoms with Gasteiger partial charge in [-0.05, 0) is 95.9 Å². The zero-order valence-electron chi connectivity index (χ0n) is 25.7. The summed E-state index contributed by atoms with van der Waals surface area (Å²) in [4.78, 5) is 22.1. The second-order valence-corrected chi connectivity index (χ2v) is 12.6. The van der Waals surface area contributed by atoms with E-state index in [0.717, 1.165) is 19.5 Å². The number of anilines is 2. The van der Waals surface area contributed by atoms with E-state index in [2.05, 4.69) is 37.4 Å². The van der Waals surface area contributed by atoms with Crippen LogP contribution in [-0.4, -0.2) is 50.2 Å². The molecule has 47 heavy (non-hydrogen) atoms. The Bertz CT molecular complexity index is 1980. The molecular weight excluding hydrogens is 605 g/mol. The minimum Gasteiger partial charge on any atom is -0.369 e. The van der Waals surface area contributed by atoms with Crippen LogP contribution in [-0.2, 0) is 26.3 Å². The number of hydrogen-bond donors (Lipinski definition) is 1. The van der Waals surface area contributed by atoms with Gasteiger partial charge in [0.2, 0.25) is 0 Å². The molecule has 1 amide bonds. The number of nitrogens with one attached hydrogen (secondary N) is 1. The third-order valence-electron chi connectivity index (χ3n) is 9.36. The van der Waals surface area contributed by atoms with Gasteiger partial charge in [-0.1, -0.05) is 0 Å². The number of halogens is 3. The summed E-state index contributed by atoms with van der Waals surface area (Å²) < 4.78 is 45.3. The zero-order chi connectivity index (χ0) is 32.9. The fraction of sp³-hybridized carbons (Fsp3) is 0.343. The number of nitrogens with zero attached hydrogens (tertiary/aromatic N) is 7. The van der Waals surface area contributed by atoms with E-state index < -0.39 is 17.6 Å². The summed E-state index contributed by atoms with van der Waals surface area (Å²) >= 11 is 0. The molecule has 238 valence electrons. The van der Waals surface area contributed by atoms with Gasteiger partial charge in [-0.15, -0.1) is 22.5 Å². The Kier molecular flexibility index (Phi) is 7.48. The van der Waals surface area contributed by atoms with Crippen LogP contribution in [0.2, 0.25) is 0 Å². The summed E-state index contributed by atoms with van der Waals surface area (Å²) in [7, 11) is 1.79. The van der Waals surface area contributed by atoms with Gasteiger partial charge in [0.05, 0.1) is 23.7 Å². The fourth-order valence-corrected chi connectivity index (χ4v) is 6.74. The molecular formula is C35H31F3N8O. The van der Waals surface area contributed by atoms with E-state index in [1.807, 2.05) is 0 Å². The predicted molar refractivity (Wildman–Crippen MR) is 170 cm³/mol. The van der Waals surface area contributed by atoms with Crippen molar-refractivity contribution in [3.05, 3.63) is 76.6 Å². The van der Waals surface area contributed by atoms with Gasteiger partial charge in [-0.2, -0.15) is 18.4 Å². The van der Waals surface area contributed by atoms with Crippen LogP contribution in [0.15, 0.2) is 48.8 Å². The molecule has 1 saturated carbocycles. The normalized spacial score (nSPS) is 16.7. The Morgan fingerprint density at radius 2 is 1.91 bits per heavy atom. The molecule has 0 atom stereocenters. The Labute approximate surface area is 270 Å². The number of carbonyl (C=O) groups excluding carboxylic acids is 1. The van der Waals surface area contributed by atoms with Crippen LogP contribution < -0.4 is 10.2 Å². The number of benzene rings is 2. The number of likely N-dealkylation sites (tertiary alicyclic amines) is 1. The molecule has 2 fully saturated rings. The van der Waals surface area contributed by atoms with E-state index in [9.17, 15) is 23.2 Å². The van der Waals surface area contributed by atoms with E-state index in [4.69, 9.17) is 6.42 Å². The number of carbonyl (C=O) groups is 1. The van der Waals surface area contributed by atoms with Gasteiger partial charge in [0.15, 0.2) is 5.82 Å². The quantitative estimate of drug-likeness (QED) is 0.187. The number of rotatable bonds is 8. The number of aryl methyl sites for hydroxylation is 1. The third kappa shape index (κ3) is 5.81. The van der Waals surface area contributed by atoms with Crippen LogP contribution in [0, 0.1) is 29.1 Å². The van der Waals surface area contributed by atoms with Gasteiger partial charge < -0.3 is 9.88 Å². The molecule has 1 saturated heterocycles. The molecule has 0 bridgehead atoms. The van der Waals surface area contributed by atoms with Crippen LogP contribution in [0.3, 0.4) is 0 Å². The zero-order valence-corrected chi connectivity index (χ0v) is 25.7. The van der Waals surface area contributed by atoms with E-state index in [0.29, 0.717) is 64.4 Å². The highest BCUT2D eigenvalue weighted by molar-refractivity contribution is 6.10. The first-order chi connectivity index (χ1) is 22.6. The largest absolute Gasteiger partial charge is 0.416 e. The van der Waals surface area contributed by atoms with Crippen LogP contribution >= 0.6 is 0 Å². The second kappa shape index (κ2) is 11.6. The lowest BCUT2D eigenvalue weighted by Crippen LogP contribution is -2.24. The Balaban J connectivity index is 1.30. The van der Waals surface area contributed by atoms with Gasteiger partial charge in [0.1, 0.15) is 18.0 Å². The van der Waals surface area contributed by atoms with Crippen molar-refractivity contribution < 1.29 is 18.0 Å². The van der Waals surface area contributed by atoms with Gasteiger partial charge in [-0.3, -0.25) is 14.6 Å². The molecule has 12 heteroatoms. The summed E-state index contributed by atoms with van der Waals surface area (Å²) in [6.45, 7) is 2.18. The maximum atomic E-state index is 14.5. The van der Waals surface area contributed by atoms with E-state index in [1.165, 1.54) is 23.8 Å². The molecule has 7 rings (SSSR count). The van der Waals surface area contributed by atoms with Gasteiger partial charge in [0, 0.05) is 44.2 Å². The van der Waals surface area contributed by atoms with Crippen molar-refractivity contribution >= 4 is 17.5 Å². The highest BCUT2D eigenvalue weighted by Crippen LogP contribution is 2.53. The first-order valence-electron chi connectivity index (χ1n) is 15.4. The first-order valence-corrected chi connectivity index (χ1v) is 15.4. The molecule has 1 aliphatic carbocycles. The molecule has 4 heterocycles. The van der Waals surface area contributed by atoms with Crippen LogP contribution in [0.1, 0.15) is 58.3 Å². The van der Waals surface area contributed by atoms with Crippen molar-refractivity contribution in [1.29, 1.82) is 5.26 Å². The summed E-state index contributed by atoms with van der Waals surface area (Å²) in [6, 6.07) is 13.5. The summed E-state index contributed by atoms with van der Waals surface area (Å²) in [5.41, 5.74) is 2.25. The molecule has 0 unspecified atom stereocenters. The van der Waals surface area contributed by atoms with Crippen LogP contribution in [0.5, 0.6) is 0 Å². The van der Waals surface area contributed by atoms with Crippen molar-refractivity contribution in [3.8, 4) is 40.9 Å². The van der Waals surface area contributed by atoms with Crippen LogP contribution in [0.25, 0.3) is 22.5 Å². The molecule has 9 nitrogen and oxygen atoms in total. The second-order valence-electron chi connectivity index (χ2n) is 12.6. The highest BCUT2D eigenvalue weighted by atomic mass is 19.4. The number of pyridine rings is 1. The average Bonchev–Trinajstić information content (AvgIpc) is 3.31. The third-order valence-corrected chi connectivity index (χ3v) is 9.36. The smallest absolute Gasteiger partial charge is 0.369 e. The Morgan fingerprint density at radius 1 is 1.09 bits per heavy atom. The van der Waals surface area contributed by atoms with Gasteiger partial charge in [0.25, 0.3) is 5.91 Å². The Morgan fingerprint density at radius 3 is 2.60 bits per heavy atom. The first kappa shape index (κ1) is 30.5. The van der Waals surface area contributed by atoms with Crippen molar-refractivity contribution in [2.24, 2.45) is 12.5 Å². The number of hydrogen-bond acceptors (Lipinski definition) is 7. The average molecular weight is 637 g/mol. The van der Waals surface area contributed by atoms with Crippen LogP contribution in [0.4, 0.5) is 24.8 Å². The lowest BCUT2D eigenvalue weighted by Gasteiger charge is -2.19. The maximum Gasteiger partial charge on any atom is 0.416 e. The monoisotopic (exact) mass is 636 g/mol. The molecule has 1 spiro atoms. The molecule has 2 aromatic carbocycles. The highest BCUT2D eigenvalue weighted by Gasteiger charge is 2.47. The molecule has 1 N–H and O–H groups in total. The van der Waals surface area contributed by atoms with Crippen molar-refractivity contribution in [3.63, 3.8) is 0 Å². The lowest BCUT2D eigenvalue weighted by molar-refractivity contribution is -0.138. The van der Waals surface area contributed by atoms with Crippen molar-refractivity contribution in [2.45, 2.75) is 44.9 Å². The standard InChI is InChI=1S/C35H31F3N8O/c1-3-4-10-40-30-15-24(26-12-22(17-39)5-6-25(26)32-43-41-21-44(32)2)16-31(42-30)46-19-28-27(33(46)47)13-23(14-29(28)35(36,37)38)18-45-11-9-34(20-45)7-8-34/h1,5-6,12-16,21H,4,7-11,18-20H2,2H3,(H,40,42). The SMILES string of the molecule is C#CCCNc1cc(-c2cc(C#N)ccc2-c2nncn2C)cc(N2Cc3c(cc(CN4CCC5(CC5)C4)cc3C(F)(F)F)C2=O)n1. The number of amides is 1. The molecule has 2 aliphatic heterocycles. The number of alkyl halides is 3. The molecule has 3 aliphatic rings. The Hall–Kier alpha value is -5.20. The summed E-state index contributed by atoms with van der Waals surface area (Å²) in [5, 5.41) is 21.1. The molecule has 2 aromatic heterocycles. The number of nitriles is 1.